The molecule has 0 aliphatic rings. The van der Waals surface area contributed by atoms with Gasteiger partial charge in [0.2, 0.25) is 0 Å². The third-order valence-electron chi connectivity index (χ3n) is 4.34. The standard InChI is InChI=1S/C23H15ClO3/c24-17-12-10-15(11-13-17)19-14-21(16-6-2-1-3-7-16)27-23(26)22(19)18-8-4-5-9-20(18)25/h1-14,25H. The van der Waals surface area contributed by atoms with Gasteiger partial charge in [-0.3, -0.25) is 0 Å². The van der Waals surface area contributed by atoms with E-state index in [-0.39, 0.29) is 5.75 Å². The molecule has 1 N–H and O–H groups in total. The largest absolute Gasteiger partial charge is 0.507 e. The molecule has 0 bridgehead atoms. The van der Waals surface area contributed by atoms with E-state index in [9.17, 15) is 9.90 Å². The minimum atomic E-state index is -0.511. The summed E-state index contributed by atoms with van der Waals surface area (Å²) in [6, 6.07) is 25.2. The summed E-state index contributed by atoms with van der Waals surface area (Å²) in [5.74, 6) is 0.484. The van der Waals surface area contributed by atoms with Crippen molar-refractivity contribution in [2.24, 2.45) is 0 Å². The van der Waals surface area contributed by atoms with Gasteiger partial charge in [-0.05, 0) is 29.8 Å². The molecule has 3 aromatic carbocycles. The van der Waals surface area contributed by atoms with Gasteiger partial charge in [0, 0.05) is 21.7 Å². The Morgan fingerprint density at radius 1 is 0.741 bits per heavy atom. The molecule has 132 valence electrons. The summed E-state index contributed by atoms with van der Waals surface area (Å²) in [5.41, 5.74) is 2.51. The van der Waals surface area contributed by atoms with Crippen LogP contribution in [0.25, 0.3) is 33.6 Å². The Bertz CT molecular complexity index is 1150. The summed E-state index contributed by atoms with van der Waals surface area (Å²) in [4.78, 5) is 12.9. The predicted molar refractivity (Wildman–Crippen MR) is 108 cm³/mol. The quantitative estimate of drug-likeness (QED) is 0.478. The fraction of sp³-hybridized carbons (Fsp3) is 0. The molecule has 4 heteroatoms. The molecular weight excluding hydrogens is 360 g/mol. The van der Waals surface area contributed by atoms with Crippen molar-refractivity contribution in [3.05, 3.63) is 100 Å². The zero-order valence-corrected chi connectivity index (χ0v) is 15.0. The molecule has 0 spiro atoms. The lowest BCUT2D eigenvalue weighted by molar-refractivity contribution is 0.476. The first-order valence-corrected chi connectivity index (χ1v) is 8.79. The molecule has 0 aliphatic heterocycles. The zero-order chi connectivity index (χ0) is 18.8. The summed E-state index contributed by atoms with van der Waals surface area (Å²) in [5, 5.41) is 10.9. The molecule has 0 unspecified atom stereocenters. The average Bonchev–Trinajstić information content (AvgIpc) is 2.69. The third kappa shape index (κ3) is 3.37. The second-order valence-electron chi connectivity index (χ2n) is 6.08. The fourth-order valence-corrected chi connectivity index (χ4v) is 3.16. The van der Waals surface area contributed by atoms with E-state index in [4.69, 9.17) is 16.0 Å². The van der Waals surface area contributed by atoms with Crippen LogP contribution in [0.3, 0.4) is 0 Å². The molecular formula is C23H15ClO3. The van der Waals surface area contributed by atoms with Crippen molar-refractivity contribution >= 4 is 11.6 Å². The molecule has 4 rings (SSSR count). The number of aromatic hydroxyl groups is 1. The average molecular weight is 375 g/mol. The minimum absolute atomic E-state index is 0.0208. The maximum Gasteiger partial charge on any atom is 0.344 e. The second-order valence-corrected chi connectivity index (χ2v) is 6.51. The number of hydrogen-bond donors (Lipinski definition) is 1. The molecule has 3 nitrogen and oxygen atoms in total. The van der Waals surface area contributed by atoms with Crippen molar-refractivity contribution in [1.29, 1.82) is 0 Å². The van der Waals surface area contributed by atoms with E-state index in [0.29, 0.717) is 27.5 Å². The molecule has 0 radical (unpaired) electrons. The highest BCUT2D eigenvalue weighted by Crippen LogP contribution is 2.37. The van der Waals surface area contributed by atoms with Crippen LogP contribution in [0.4, 0.5) is 0 Å². The summed E-state index contributed by atoms with van der Waals surface area (Å²) >= 11 is 6.02. The van der Waals surface area contributed by atoms with Gasteiger partial charge in [-0.2, -0.15) is 0 Å². The Kier molecular flexibility index (Phi) is 4.53. The number of phenols is 1. The number of rotatable bonds is 3. The van der Waals surface area contributed by atoms with Gasteiger partial charge in [-0.25, -0.2) is 4.79 Å². The monoisotopic (exact) mass is 374 g/mol. The smallest absolute Gasteiger partial charge is 0.344 e. The first-order chi connectivity index (χ1) is 13.1. The second kappa shape index (κ2) is 7.14. The molecule has 0 atom stereocenters. The topological polar surface area (TPSA) is 50.4 Å². The van der Waals surface area contributed by atoms with E-state index in [0.717, 1.165) is 11.1 Å². The van der Waals surface area contributed by atoms with Gasteiger partial charge < -0.3 is 9.52 Å². The minimum Gasteiger partial charge on any atom is -0.507 e. The molecule has 0 saturated carbocycles. The van der Waals surface area contributed by atoms with Crippen molar-refractivity contribution in [2.45, 2.75) is 0 Å². The lowest BCUT2D eigenvalue weighted by Gasteiger charge is -2.12. The SMILES string of the molecule is O=c1oc(-c2ccccc2)cc(-c2ccc(Cl)cc2)c1-c1ccccc1O. The highest BCUT2D eigenvalue weighted by molar-refractivity contribution is 6.30. The van der Waals surface area contributed by atoms with Crippen molar-refractivity contribution in [1.82, 2.24) is 0 Å². The van der Waals surface area contributed by atoms with Crippen molar-refractivity contribution in [3.63, 3.8) is 0 Å². The van der Waals surface area contributed by atoms with Gasteiger partial charge in [0.05, 0.1) is 5.56 Å². The number of para-hydroxylation sites is 1. The maximum atomic E-state index is 12.9. The van der Waals surface area contributed by atoms with Crippen LogP contribution in [0, 0.1) is 0 Å². The summed E-state index contributed by atoms with van der Waals surface area (Å²) in [6.45, 7) is 0. The summed E-state index contributed by atoms with van der Waals surface area (Å²) in [6.07, 6.45) is 0. The molecule has 1 heterocycles. The van der Waals surface area contributed by atoms with Gasteiger partial charge in [-0.1, -0.05) is 72.3 Å². The highest BCUT2D eigenvalue weighted by atomic mass is 35.5. The third-order valence-corrected chi connectivity index (χ3v) is 4.59. The first kappa shape index (κ1) is 17.1. The van der Waals surface area contributed by atoms with Gasteiger partial charge in [-0.15, -0.1) is 0 Å². The van der Waals surface area contributed by atoms with Gasteiger partial charge >= 0.3 is 5.63 Å². The van der Waals surface area contributed by atoms with Crippen molar-refractivity contribution < 1.29 is 9.52 Å². The van der Waals surface area contributed by atoms with Crippen LogP contribution in [0.5, 0.6) is 5.75 Å². The summed E-state index contributed by atoms with van der Waals surface area (Å²) < 4.78 is 5.60. The molecule has 4 aromatic rings. The summed E-state index contributed by atoms with van der Waals surface area (Å²) in [7, 11) is 0. The first-order valence-electron chi connectivity index (χ1n) is 8.41. The van der Waals surface area contributed by atoms with Crippen molar-refractivity contribution in [3.8, 4) is 39.3 Å². The zero-order valence-electron chi connectivity index (χ0n) is 14.2. The van der Waals surface area contributed by atoms with Crippen LogP contribution in [-0.2, 0) is 0 Å². The van der Waals surface area contributed by atoms with Crippen LogP contribution in [0.2, 0.25) is 5.02 Å². The Hall–Kier alpha value is -3.30. The normalized spacial score (nSPS) is 10.7. The predicted octanol–water partition coefficient (Wildman–Crippen LogP) is 6.00. The van der Waals surface area contributed by atoms with E-state index in [1.165, 1.54) is 0 Å². The molecule has 0 fully saturated rings. The Morgan fingerprint density at radius 2 is 1.41 bits per heavy atom. The van der Waals surface area contributed by atoms with Crippen molar-refractivity contribution in [2.75, 3.05) is 0 Å². The van der Waals surface area contributed by atoms with E-state index in [1.54, 1.807) is 36.4 Å². The Labute approximate surface area is 161 Å². The van der Waals surface area contributed by atoms with Crippen LogP contribution in [-0.4, -0.2) is 5.11 Å². The lowest BCUT2D eigenvalue weighted by atomic mass is 9.94. The van der Waals surface area contributed by atoms with E-state index >= 15 is 0 Å². The van der Waals surface area contributed by atoms with Crippen LogP contribution < -0.4 is 5.63 Å². The van der Waals surface area contributed by atoms with Gasteiger partial charge in [0.1, 0.15) is 11.5 Å². The highest BCUT2D eigenvalue weighted by Gasteiger charge is 2.18. The lowest BCUT2D eigenvalue weighted by Crippen LogP contribution is -2.06. The number of halogens is 1. The Balaban J connectivity index is 2.02. The van der Waals surface area contributed by atoms with Gasteiger partial charge in [0.25, 0.3) is 0 Å². The molecule has 27 heavy (non-hydrogen) atoms. The molecule has 1 aromatic heterocycles. The molecule has 0 saturated heterocycles. The number of benzene rings is 3. The van der Waals surface area contributed by atoms with Crippen LogP contribution in [0.1, 0.15) is 0 Å². The number of phenolic OH excluding ortho intramolecular Hbond substituents is 1. The van der Waals surface area contributed by atoms with Crippen LogP contribution >= 0.6 is 11.6 Å². The molecule has 0 amide bonds. The number of hydrogen-bond acceptors (Lipinski definition) is 3. The van der Waals surface area contributed by atoms with Crippen LogP contribution in [0.15, 0.2) is 94.1 Å². The fourth-order valence-electron chi connectivity index (χ4n) is 3.04. The van der Waals surface area contributed by atoms with E-state index in [1.807, 2.05) is 48.5 Å². The maximum absolute atomic E-state index is 12.9. The Morgan fingerprint density at radius 3 is 2.11 bits per heavy atom. The van der Waals surface area contributed by atoms with E-state index in [2.05, 4.69) is 0 Å². The van der Waals surface area contributed by atoms with Gasteiger partial charge in [0.15, 0.2) is 0 Å². The molecule has 0 aliphatic carbocycles. The van der Waals surface area contributed by atoms with E-state index < -0.39 is 5.63 Å².